The van der Waals surface area contributed by atoms with Gasteiger partial charge in [0.25, 0.3) is 0 Å². The molecule has 1 saturated heterocycles. The van der Waals surface area contributed by atoms with Crippen LogP contribution in [0.5, 0.6) is 0 Å². The smallest absolute Gasteiger partial charge is 0.310 e. The number of nitrogens with one attached hydrogen (secondary N) is 1. The zero-order valence-electron chi connectivity index (χ0n) is 17.8. The molecule has 7 nitrogen and oxygen atoms in total. The van der Waals surface area contributed by atoms with Gasteiger partial charge >= 0.3 is 5.97 Å². The van der Waals surface area contributed by atoms with Gasteiger partial charge in [0.15, 0.2) is 0 Å². The minimum atomic E-state index is -3.61. The van der Waals surface area contributed by atoms with Gasteiger partial charge in [-0.1, -0.05) is 25.7 Å². The second-order valence-corrected chi connectivity index (χ2v) is 10.7. The molecule has 2 fully saturated rings. The van der Waals surface area contributed by atoms with Gasteiger partial charge in [0.2, 0.25) is 15.9 Å². The molecule has 2 aliphatic rings. The molecular weight excluding hydrogens is 404 g/mol. The fourth-order valence-electron chi connectivity index (χ4n) is 4.91. The van der Waals surface area contributed by atoms with Crippen molar-refractivity contribution in [3.63, 3.8) is 0 Å². The second kappa shape index (κ2) is 9.06. The van der Waals surface area contributed by atoms with Gasteiger partial charge in [0.05, 0.1) is 10.3 Å². The number of hydrogen-bond donors (Lipinski definition) is 2. The van der Waals surface area contributed by atoms with E-state index in [4.69, 9.17) is 0 Å². The molecular formula is C22H32N2O5S. The summed E-state index contributed by atoms with van der Waals surface area (Å²) in [7, 11) is -3.61. The summed E-state index contributed by atoms with van der Waals surface area (Å²) >= 11 is 0. The van der Waals surface area contributed by atoms with Crippen LogP contribution < -0.4 is 5.32 Å². The van der Waals surface area contributed by atoms with E-state index in [1.807, 2.05) is 13.8 Å². The number of carboxylic acids is 1. The SMILES string of the molecule is CC1CCCC(C)N1S(=O)(=O)c1ccc(NC(=O)CC2(C(=O)O)CCCCC2)cc1. The van der Waals surface area contributed by atoms with Gasteiger partial charge in [0, 0.05) is 24.2 Å². The summed E-state index contributed by atoms with van der Waals surface area (Å²) < 4.78 is 27.8. The normalized spacial score (nSPS) is 24.9. The van der Waals surface area contributed by atoms with E-state index >= 15 is 0 Å². The van der Waals surface area contributed by atoms with Crippen LogP contribution in [-0.4, -0.2) is 41.8 Å². The highest BCUT2D eigenvalue weighted by atomic mass is 32.2. The van der Waals surface area contributed by atoms with Crippen molar-refractivity contribution >= 4 is 27.6 Å². The second-order valence-electron chi connectivity index (χ2n) is 8.86. The number of carbonyl (C=O) groups is 2. The predicted molar refractivity (Wildman–Crippen MR) is 115 cm³/mol. The first-order chi connectivity index (χ1) is 14.2. The van der Waals surface area contributed by atoms with Crippen LogP contribution in [-0.2, 0) is 19.6 Å². The van der Waals surface area contributed by atoms with E-state index in [0.29, 0.717) is 18.5 Å². The first-order valence-corrected chi connectivity index (χ1v) is 12.3. The number of piperidine rings is 1. The molecule has 0 bridgehead atoms. The molecule has 1 amide bonds. The Balaban J connectivity index is 1.69. The summed E-state index contributed by atoms with van der Waals surface area (Å²) in [6.45, 7) is 3.87. The Morgan fingerprint density at radius 3 is 2.13 bits per heavy atom. The summed E-state index contributed by atoms with van der Waals surface area (Å²) in [5.41, 5.74) is -0.526. The van der Waals surface area contributed by atoms with Crippen LogP contribution in [0.25, 0.3) is 0 Å². The number of benzene rings is 1. The number of rotatable bonds is 6. The molecule has 2 N–H and O–H groups in total. The molecule has 0 spiro atoms. The highest BCUT2D eigenvalue weighted by Crippen LogP contribution is 2.40. The van der Waals surface area contributed by atoms with Crippen molar-refractivity contribution in [2.75, 3.05) is 5.32 Å². The maximum Gasteiger partial charge on any atom is 0.310 e. The van der Waals surface area contributed by atoms with Crippen LogP contribution in [0.15, 0.2) is 29.2 Å². The number of anilines is 1. The molecule has 8 heteroatoms. The molecule has 0 aromatic heterocycles. The van der Waals surface area contributed by atoms with E-state index in [0.717, 1.165) is 38.5 Å². The fourth-order valence-corrected chi connectivity index (χ4v) is 6.79. The van der Waals surface area contributed by atoms with E-state index in [2.05, 4.69) is 5.32 Å². The van der Waals surface area contributed by atoms with Crippen molar-refractivity contribution in [3.8, 4) is 0 Å². The number of sulfonamides is 1. The van der Waals surface area contributed by atoms with Crippen molar-refractivity contribution in [1.82, 2.24) is 4.31 Å². The highest BCUT2D eigenvalue weighted by Gasteiger charge is 2.41. The van der Waals surface area contributed by atoms with Crippen molar-refractivity contribution in [2.45, 2.75) is 88.6 Å². The predicted octanol–water partition coefficient (Wildman–Crippen LogP) is 4.00. The average molecular weight is 437 g/mol. The molecule has 2 unspecified atom stereocenters. The maximum atomic E-state index is 13.1. The van der Waals surface area contributed by atoms with Crippen LogP contribution in [0.2, 0.25) is 0 Å². The Hall–Kier alpha value is -1.93. The number of nitrogens with zero attached hydrogens (tertiary/aromatic N) is 1. The third kappa shape index (κ3) is 4.70. The van der Waals surface area contributed by atoms with Crippen molar-refractivity contribution in [3.05, 3.63) is 24.3 Å². The summed E-state index contributed by atoms with van der Waals surface area (Å²) in [6, 6.07) is 6.07. The molecule has 1 aliphatic heterocycles. The molecule has 1 saturated carbocycles. The van der Waals surface area contributed by atoms with Crippen LogP contribution in [0.3, 0.4) is 0 Å². The van der Waals surface area contributed by atoms with Crippen LogP contribution in [0, 0.1) is 5.41 Å². The quantitative estimate of drug-likeness (QED) is 0.701. The minimum Gasteiger partial charge on any atom is -0.481 e. The summed E-state index contributed by atoms with van der Waals surface area (Å²) in [4.78, 5) is 24.5. The molecule has 1 aliphatic carbocycles. The van der Waals surface area contributed by atoms with Crippen LogP contribution >= 0.6 is 0 Å². The number of aliphatic carboxylic acids is 1. The standard InChI is InChI=1S/C22H32N2O5S/c1-16-7-6-8-17(2)24(16)30(28,29)19-11-9-18(10-12-19)23-20(25)15-22(21(26)27)13-4-3-5-14-22/h9-12,16-17H,3-8,13-15H2,1-2H3,(H,23,25)(H,26,27). The van der Waals surface area contributed by atoms with Crippen LogP contribution in [0.1, 0.15) is 71.6 Å². The lowest BCUT2D eigenvalue weighted by atomic mass is 9.71. The first-order valence-electron chi connectivity index (χ1n) is 10.8. The summed E-state index contributed by atoms with van der Waals surface area (Å²) in [5, 5.41) is 12.4. The Morgan fingerprint density at radius 2 is 1.60 bits per heavy atom. The van der Waals surface area contributed by atoms with E-state index in [-0.39, 0.29) is 29.3 Å². The zero-order valence-corrected chi connectivity index (χ0v) is 18.6. The molecule has 1 aromatic rings. The lowest BCUT2D eigenvalue weighted by Crippen LogP contribution is -2.47. The minimum absolute atomic E-state index is 0.0409. The van der Waals surface area contributed by atoms with E-state index in [1.54, 1.807) is 16.4 Å². The zero-order chi connectivity index (χ0) is 21.9. The Bertz CT molecular complexity index is 865. The van der Waals surface area contributed by atoms with E-state index < -0.39 is 21.4 Å². The van der Waals surface area contributed by atoms with Gasteiger partial charge in [-0.25, -0.2) is 8.42 Å². The Labute approximate surface area is 178 Å². The molecule has 166 valence electrons. The number of carboxylic acid groups (broad SMARTS) is 1. The molecule has 3 rings (SSSR count). The van der Waals surface area contributed by atoms with Crippen molar-refractivity contribution in [1.29, 1.82) is 0 Å². The van der Waals surface area contributed by atoms with Gasteiger partial charge in [0.1, 0.15) is 0 Å². The van der Waals surface area contributed by atoms with Gasteiger partial charge in [-0.05, 0) is 63.8 Å². The lowest BCUT2D eigenvalue weighted by Gasteiger charge is -2.37. The topological polar surface area (TPSA) is 104 Å². The molecule has 1 heterocycles. The van der Waals surface area contributed by atoms with Crippen LogP contribution in [0.4, 0.5) is 5.69 Å². The average Bonchev–Trinajstić information content (AvgIpc) is 2.68. The van der Waals surface area contributed by atoms with Gasteiger partial charge in [-0.15, -0.1) is 0 Å². The fraction of sp³-hybridized carbons (Fsp3) is 0.636. The highest BCUT2D eigenvalue weighted by molar-refractivity contribution is 7.89. The third-order valence-corrected chi connectivity index (χ3v) is 8.73. The molecule has 2 atom stereocenters. The van der Waals surface area contributed by atoms with Crippen molar-refractivity contribution in [2.24, 2.45) is 5.41 Å². The Kier molecular flexibility index (Phi) is 6.87. The first kappa shape index (κ1) is 22.7. The number of amides is 1. The monoisotopic (exact) mass is 436 g/mol. The molecule has 1 aromatic carbocycles. The summed E-state index contributed by atoms with van der Waals surface area (Å²) in [5.74, 6) is -1.27. The van der Waals surface area contributed by atoms with E-state index in [9.17, 15) is 23.1 Å². The lowest BCUT2D eigenvalue weighted by molar-refractivity contribution is -0.153. The van der Waals surface area contributed by atoms with Gasteiger partial charge in [-0.2, -0.15) is 4.31 Å². The third-order valence-electron chi connectivity index (χ3n) is 6.59. The molecule has 30 heavy (non-hydrogen) atoms. The maximum absolute atomic E-state index is 13.1. The van der Waals surface area contributed by atoms with E-state index in [1.165, 1.54) is 12.1 Å². The van der Waals surface area contributed by atoms with Gasteiger partial charge in [-0.3, -0.25) is 9.59 Å². The molecule has 0 radical (unpaired) electrons. The van der Waals surface area contributed by atoms with Gasteiger partial charge < -0.3 is 10.4 Å². The summed E-state index contributed by atoms with van der Waals surface area (Å²) in [6.07, 6.45) is 6.33. The number of hydrogen-bond acceptors (Lipinski definition) is 4. The Morgan fingerprint density at radius 1 is 1.03 bits per heavy atom. The van der Waals surface area contributed by atoms with Crippen molar-refractivity contribution < 1.29 is 23.1 Å². The largest absolute Gasteiger partial charge is 0.481 e. The number of carbonyl (C=O) groups excluding carboxylic acids is 1.